The van der Waals surface area contributed by atoms with Gasteiger partial charge in [0.05, 0.1) is 20.1 Å². The number of hydrogen-bond acceptors (Lipinski definition) is 18. The third-order valence-electron chi connectivity index (χ3n) is 14.8. The van der Waals surface area contributed by atoms with Gasteiger partial charge in [0.25, 0.3) is 11.8 Å². The normalized spacial score (nSPS) is 20.8. The SMILES string of the molecule is COc1ccnc(C(=O)NC2CCCC(Oc3ccc(C)cc3)C(Oc3ccc(Cc4cccc(OC5CCCC(NC(=O)c6nccc(OC)c6OCOC(=O)C(C)C)C(=O)OC(C)C5OCCCc5ccccc5)c4)cc3)C(C)OC2=O)c1O. The van der Waals surface area contributed by atoms with E-state index in [1.807, 2.05) is 97.9 Å². The molecule has 2 saturated heterocycles. The Morgan fingerprint density at radius 2 is 1.21 bits per heavy atom. The summed E-state index contributed by atoms with van der Waals surface area (Å²) in [7, 11) is 2.76. The van der Waals surface area contributed by atoms with Crippen LogP contribution in [0.25, 0.3) is 0 Å². The van der Waals surface area contributed by atoms with E-state index >= 15 is 0 Å². The summed E-state index contributed by atoms with van der Waals surface area (Å²) in [5.74, 6) is -2.25. The zero-order valence-corrected chi connectivity index (χ0v) is 49.6. The molecule has 0 spiro atoms. The van der Waals surface area contributed by atoms with Crippen molar-refractivity contribution in [1.82, 2.24) is 20.6 Å². The molecule has 0 bridgehead atoms. The maximum atomic E-state index is 14.0. The summed E-state index contributed by atoms with van der Waals surface area (Å²) in [6.45, 7) is 8.71. The lowest BCUT2D eigenvalue weighted by Gasteiger charge is -2.32. The first-order valence-electron chi connectivity index (χ1n) is 29.0. The van der Waals surface area contributed by atoms with Gasteiger partial charge in [0.2, 0.25) is 6.79 Å². The average molecular weight is 1180 g/mol. The topological polar surface area (TPSA) is 248 Å². The summed E-state index contributed by atoms with van der Waals surface area (Å²) < 4.78 is 60.4. The van der Waals surface area contributed by atoms with Gasteiger partial charge >= 0.3 is 17.9 Å². The minimum absolute atomic E-state index is 0.0615. The molecule has 0 saturated carbocycles. The molecule has 2 aliphatic rings. The van der Waals surface area contributed by atoms with E-state index in [1.54, 1.807) is 27.7 Å². The number of benzene rings is 4. The first kappa shape index (κ1) is 63.1. The first-order chi connectivity index (χ1) is 41.6. The number of hydrogen-bond donors (Lipinski definition) is 3. The van der Waals surface area contributed by atoms with Crippen molar-refractivity contribution >= 4 is 29.7 Å². The monoisotopic (exact) mass is 1180 g/mol. The van der Waals surface area contributed by atoms with Crippen molar-refractivity contribution in [2.24, 2.45) is 5.92 Å². The van der Waals surface area contributed by atoms with Gasteiger partial charge < -0.3 is 63.1 Å². The third kappa shape index (κ3) is 17.4. The fraction of sp³-hybridized carbons (Fsp3) is 0.409. The van der Waals surface area contributed by atoms with Crippen molar-refractivity contribution in [3.63, 3.8) is 0 Å². The number of rotatable bonds is 23. The van der Waals surface area contributed by atoms with Crippen molar-refractivity contribution in [1.29, 1.82) is 0 Å². The number of carbonyl (C=O) groups excluding carboxylic acids is 5. The number of ether oxygens (including phenoxy) is 10. The van der Waals surface area contributed by atoms with Crippen LogP contribution in [0.4, 0.5) is 0 Å². The van der Waals surface area contributed by atoms with E-state index in [0.29, 0.717) is 62.4 Å². The van der Waals surface area contributed by atoms with Crippen LogP contribution in [-0.4, -0.2) is 121 Å². The lowest BCUT2D eigenvalue weighted by atomic mass is 10.0. The molecule has 20 nitrogen and oxygen atoms in total. The van der Waals surface area contributed by atoms with Crippen LogP contribution in [0.3, 0.4) is 0 Å². The predicted molar refractivity (Wildman–Crippen MR) is 316 cm³/mol. The molecule has 8 rings (SSSR count). The van der Waals surface area contributed by atoms with E-state index in [2.05, 4.69) is 32.7 Å². The highest BCUT2D eigenvalue weighted by Gasteiger charge is 2.39. The van der Waals surface area contributed by atoms with Crippen LogP contribution in [0, 0.1) is 12.8 Å². The van der Waals surface area contributed by atoms with Crippen LogP contribution in [0.5, 0.6) is 40.2 Å². The van der Waals surface area contributed by atoms with Crippen molar-refractivity contribution in [3.8, 4) is 40.2 Å². The van der Waals surface area contributed by atoms with Gasteiger partial charge in [-0.3, -0.25) is 14.4 Å². The van der Waals surface area contributed by atoms with Gasteiger partial charge in [0.1, 0.15) is 59.9 Å². The fourth-order valence-corrected chi connectivity index (χ4v) is 10.1. The number of nitrogens with one attached hydrogen (secondary N) is 2. The first-order valence-corrected chi connectivity index (χ1v) is 29.0. The minimum Gasteiger partial charge on any atom is -0.503 e. The second-order valence-corrected chi connectivity index (χ2v) is 21.6. The number of cyclic esters (lactones) is 2. The van der Waals surface area contributed by atoms with Crippen LogP contribution in [0.2, 0.25) is 0 Å². The van der Waals surface area contributed by atoms with E-state index in [-0.39, 0.29) is 41.5 Å². The van der Waals surface area contributed by atoms with Crippen LogP contribution in [-0.2, 0) is 46.2 Å². The lowest BCUT2D eigenvalue weighted by Crippen LogP contribution is -2.47. The molecule has 2 fully saturated rings. The van der Waals surface area contributed by atoms with Gasteiger partial charge in [-0.15, -0.1) is 0 Å². The molecular weight excluding hydrogens is 1100 g/mol. The Kier molecular flexibility index (Phi) is 22.6. The molecule has 2 aromatic heterocycles. The largest absolute Gasteiger partial charge is 0.503 e. The Hall–Kier alpha value is -8.91. The number of pyridine rings is 2. The number of amides is 2. The molecular formula is C66H76N4O16. The van der Waals surface area contributed by atoms with Crippen LogP contribution < -0.4 is 39.1 Å². The van der Waals surface area contributed by atoms with Crippen molar-refractivity contribution in [2.75, 3.05) is 27.6 Å². The summed E-state index contributed by atoms with van der Waals surface area (Å²) in [5, 5.41) is 16.1. The Morgan fingerprint density at radius 3 is 1.86 bits per heavy atom. The summed E-state index contributed by atoms with van der Waals surface area (Å²) in [5.41, 5.74) is 3.70. The molecule has 20 heteroatoms. The van der Waals surface area contributed by atoms with Crippen LogP contribution >= 0.6 is 0 Å². The van der Waals surface area contributed by atoms with Gasteiger partial charge in [-0.25, -0.2) is 19.6 Å². The molecule has 2 amide bonds. The second-order valence-electron chi connectivity index (χ2n) is 21.6. The molecule has 0 radical (unpaired) electrons. The van der Waals surface area contributed by atoms with Crippen molar-refractivity contribution in [2.45, 2.75) is 141 Å². The van der Waals surface area contributed by atoms with Gasteiger partial charge in [-0.1, -0.05) is 86.1 Å². The van der Waals surface area contributed by atoms with Crippen molar-refractivity contribution < 1.29 is 76.4 Å². The highest BCUT2D eigenvalue weighted by atomic mass is 16.7. The highest BCUT2D eigenvalue weighted by molar-refractivity contribution is 5.98. The number of aromatic hydroxyl groups is 1. The maximum Gasteiger partial charge on any atom is 0.329 e. The zero-order chi connectivity index (χ0) is 61.1. The van der Waals surface area contributed by atoms with E-state index in [4.69, 9.17) is 47.4 Å². The summed E-state index contributed by atoms with van der Waals surface area (Å²) >= 11 is 0. The van der Waals surface area contributed by atoms with Gasteiger partial charge in [0, 0.05) is 31.1 Å². The Balaban J connectivity index is 0.952. The van der Waals surface area contributed by atoms with Crippen molar-refractivity contribution in [3.05, 3.63) is 161 Å². The Bertz CT molecular complexity index is 3220. The number of carbonyl (C=O) groups is 5. The third-order valence-corrected chi connectivity index (χ3v) is 14.8. The molecule has 4 heterocycles. The summed E-state index contributed by atoms with van der Waals surface area (Å²) in [4.78, 5) is 75.5. The lowest BCUT2D eigenvalue weighted by molar-refractivity contribution is -0.163. The minimum atomic E-state index is -1.08. The number of nitrogens with zero attached hydrogens (tertiary/aromatic N) is 2. The van der Waals surface area contributed by atoms with Crippen LogP contribution in [0.1, 0.15) is 116 Å². The molecule has 8 unspecified atom stereocenters. The van der Waals surface area contributed by atoms with Gasteiger partial charge in [0.15, 0.2) is 40.5 Å². The quantitative estimate of drug-likeness (QED) is 0.0234. The standard InChI is InChI=1S/C66H76N4O16/c1-40(2)64(74)81-39-80-61-53(78-7)33-35-68-57(61)63(73)70-51-20-12-22-54(59(42(4)82-65(51)75)79-36-14-18-44-15-9-8-10-16-44)85-49-19-11-17-46(38-49)37-45-26-30-48(31-27-45)86-60-43(5)83-66(76)50(69-62(72)56-58(71)52(77-6)32-34-67-56)21-13-23-55(60)84-47-28-24-41(3)25-29-47/h8-11,15-17,19,24-35,38,40,42-43,50-51,54-55,59-60,71H,12-14,18,20-23,36-37,39H2,1-7H3,(H,69,72)(H,70,73). The fourth-order valence-electron chi connectivity index (χ4n) is 10.1. The van der Waals surface area contributed by atoms with E-state index in [1.165, 1.54) is 44.3 Å². The average Bonchev–Trinajstić information content (AvgIpc) is 3.79. The molecule has 86 heavy (non-hydrogen) atoms. The summed E-state index contributed by atoms with van der Waals surface area (Å²) in [6, 6.07) is 34.0. The molecule has 3 N–H and O–H groups in total. The molecule has 4 aromatic carbocycles. The van der Waals surface area contributed by atoms with E-state index < -0.39 is 96.9 Å². The number of aryl methyl sites for hydroxylation is 2. The highest BCUT2D eigenvalue weighted by Crippen LogP contribution is 2.33. The van der Waals surface area contributed by atoms with Gasteiger partial charge in [-0.2, -0.15) is 0 Å². The zero-order valence-electron chi connectivity index (χ0n) is 49.6. The number of esters is 3. The molecule has 8 atom stereocenters. The Morgan fingerprint density at radius 1 is 0.640 bits per heavy atom. The van der Waals surface area contributed by atoms with Gasteiger partial charge in [-0.05, 0) is 132 Å². The smallest absolute Gasteiger partial charge is 0.329 e. The molecule has 6 aromatic rings. The van der Waals surface area contributed by atoms with Crippen LogP contribution in [0.15, 0.2) is 128 Å². The predicted octanol–water partition coefficient (Wildman–Crippen LogP) is 9.42. The molecule has 456 valence electrons. The van der Waals surface area contributed by atoms with E-state index in [9.17, 15) is 29.1 Å². The Labute approximate surface area is 501 Å². The maximum absolute atomic E-state index is 14.0. The molecule has 2 aliphatic heterocycles. The number of methoxy groups -OCH3 is 2. The second kappa shape index (κ2) is 30.8. The molecule has 0 aliphatic carbocycles. The summed E-state index contributed by atoms with van der Waals surface area (Å²) in [6.07, 6.45) is 2.64. The number of aromatic nitrogens is 2. The van der Waals surface area contributed by atoms with E-state index in [0.717, 1.165) is 23.1 Å².